The lowest BCUT2D eigenvalue weighted by molar-refractivity contribution is 0.100. The number of hydrogen-bond acceptors (Lipinski definition) is 2. The molecule has 1 aliphatic rings. The molecular weight excluding hydrogens is 248 g/mol. The summed E-state index contributed by atoms with van der Waals surface area (Å²) in [6.07, 6.45) is 2.33. The number of nitrogens with one attached hydrogen (secondary N) is 1. The Labute approximate surface area is 118 Å². The lowest BCUT2D eigenvalue weighted by Crippen LogP contribution is -2.15. The molecule has 0 spiro atoms. The Hall–Kier alpha value is -2.13. The second-order valence-corrected chi connectivity index (χ2v) is 5.15. The predicted molar refractivity (Wildman–Crippen MR) is 80.4 cm³/mol. The summed E-state index contributed by atoms with van der Waals surface area (Å²) in [5.74, 6) is -0.380. The van der Waals surface area contributed by atoms with E-state index in [1.165, 1.54) is 12.0 Å². The van der Waals surface area contributed by atoms with E-state index in [2.05, 4.69) is 17.4 Å². The zero-order chi connectivity index (χ0) is 13.9. The van der Waals surface area contributed by atoms with Gasteiger partial charge in [-0.1, -0.05) is 42.5 Å². The summed E-state index contributed by atoms with van der Waals surface area (Å²) in [6, 6.07) is 16.2. The van der Waals surface area contributed by atoms with Gasteiger partial charge in [0.05, 0.1) is 0 Å². The number of amides is 1. The Balaban J connectivity index is 2.13. The topological polar surface area (TPSA) is 55.1 Å². The second kappa shape index (κ2) is 5.47. The standard InChI is InChI=1S/C17H18N2O/c18-17(20)15-9-4-2-7-13(15)12-6-1-3-8-14(12)16-10-5-11-19-16/h1-4,6-9,16,19H,5,10-11H2,(H2,18,20). The van der Waals surface area contributed by atoms with Crippen LogP contribution in [0.3, 0.4) is 0 Å². The highest BCUT2D eigenvalue weighted by Gasteiger charge is 2.21. The van der Waals surface area contributed by atoms with E-state index >= 15 is 0 Å². The van der Waals surface area contributed by atoms with E-state index in [-0.39, 0.29) is 5.91 Å². The Morgan fingerprint density at radius 1 is 1.05 bits per heavy atom. The number of nitrogens with two attached hydrogens (primary N) is 1. The van der Waals surface area contributed by atoms with Gasteiger partial charge in [0.2, 0.25) is 5.91 Å². The summed E-state index contributed by atoms with van der Waals surface area (Å²) in [5.41, 5.74) is 9.35. The van der Waals surface area contributed by atoms with Crippen molar-refractivity contribution in [2.45, 2.75) is 18.9 Å². The van der Waals surface area contributed by atoms with Crippen molar-refractivity contribution < 1.29 is 4.79 Å². The number of hydrogen-bond donors (Lipinski definition) is 2. The minimum absolute atomic E-state index is 0.368. The minimum Gasteiger partial charge on any atom is -0.366 e. The van der Waals surface area contributed by atoms with Gasteiger partial charge < -0.3 is 11.1 Å². The van der Waals surface area contributed by atoms with Gasteiger partial charge in [0.25, 0.3) is 0 Å². The SMILES string of the molecule is NC(=O)c1ccccc1-c1ccccc1C1CCCN1. The molecule has 0 aromatic heterocycles. The third-order valence-electron chi connectivity index (χ3n) is 3.88. The van der Waals surface area contributed by atoms with Gasteiger partial charge in [-0.25, -0.2) is 0 Å². The van der Waals surface area contributed by atoms with Crippen molar-refractivity contribution in [1.82, 2.24) is 5.32 Å². The highest BCUT2D eigenvalue weighted by atomic mass is 16.1. The normalized spacial score (nSPS) is 18.1. The van der Waals surface area contributed by atoms with Crippen LogP contribution < -0.4 is 11.1 Å². The molecule has 3 heteroatoms. The largest absolute Gasteiger partial charge is 0.366 e. The molecule has 1 fully saturated rings. The average Bonchev–Trinajstić information content (AvgIpc) is 3.01. The number of primary amides is 1. The van der Waals surface area contributed by atoms with Crippen molar-refractivity contribution in [1.29, 1.82) is 0 Å². The highest BCUT2D eigenvalue weighted by molar-refractivity contribution is 6.00. The summed E-state index contributed by atoms with van der Waals surface area (Å²) in [5, 5.41) is 3.52. The summed E-state index contributed by atoms with van der Waals surface area (Å²) in [6.45, 7) is 1.05. The van der Waals surface area contributed by atoms with Gasteiger partial charge in [-0.05, 0) is 42.1 Å². The fraction of sp³-hybridized carbons (Fsp3) is 0.235. The molecule has 102 valence electrons. The summed E-state index contributed by atoms with van der Waals surface area (Å²) in [7, 11) is 0. The van der Waals surface area contributed by atoms with E-state index in [4.69, 9.17) is 5.73 Å². The van der Waals surface area contributed by atoms with Crippen LogP contribution in [0.2, 0.25) is 0 Å². The number of rotatable bonds is 3. The fourth-order valence-electron chi connectivity index (χ4n) is 2.93. The summed E-state index contributed by atoms with van der Waals surface area (Å²) >= 11 is 0. The first kappa shape index (κ1) is 12.9. The molecule has 1 heterocycles. The second-order valence-electron chi connectivity index (χ2n) is 5.15. The van der Waals surface area contributed by atoms with Crippen LogP contribution >= 0.6 is 0 Å². The van der Waals surface area contributed by atoms with Gasteiger partial charge in [-0.15, -0.1) is 0 Å². The fourth-order valence-corrected chi connectivity index (χ4v) is 2.93. The molecule has 0 radical (unpaired) electrons. The number of carbonyl (C=O) groups excluding carboxylic acids is 1. The number of carbonyl (C=O) groups is 1. The maximum Gasteiger partial charge on any atom is 0.249 e. The van der Waals surface area contributed by atoms with Gasteiger partial charge in [-0.2, -0.15) is 0 Å². The lowest BCUT2D eigenvalue weighted by Gasteiger charge is -2.17. The Bertz CT molecular complexity index is 630. The minimum atomic E-state index is -0.380. The van der Waals surface area contributed by atoms with E-state index in [1.54, 1.807) is 6.07 Å². The lowest BCUT2D eigenvalue weighted by atomic mass is 9.91. The van der Waals surface area contributed by atoms with Gasteiger partial charge in [-0.3, -0.25) is 4.79 Å². The summed E-state index contributed by atoms with van der Waals surface area (Å²) < 4.78 is 0. The van der Waals surface area contributed by atoms with Crippen molar-refractivity contribution >= 4 is 5.91 Å². The molecule has 0 bridgehead atoms. The first-order chi connectivity index (χ1) is 9.77. The van der Waals surface area contributed by atoms with Crippen LogP contribution in [-0.2, 0) is 0 Å². The highest BCUT2D eigenvalue weighted by Crippen LogP contribution is 2.33. The van der Waals surface area contributed by atoms with E-state index in [0.29, 0.717) is 11.6 Å². The molecule has 2 aromatic carbocycles. The Morgan fingerprint density at radius 3 is 2.45 bits per heavy atom. The molecule has 3 nitrogen and oxygen atoms in total. The molecule has 1 atom stereocenters. The smallest absolute Gasteiger partial charge is 0.249 e. The molecule has 0 aliphatic carbocycles. The van der Waals surface area contributed by atoms with Gasteiger partial charge in [0.15, 0.2) is 0 Å². The Morgan fingerprint density at radius 2 is 1.75 bits per heavy atom. The van der Waals surface area contributed by atoms with E-state index in [1.807, 2.05) is 30.3 Å². The molecule has 0 saturated carbocycles. The van der Waals surface area contributed by atoms with E-state index in [9.17, 15) is 4.79 Å². The van der Waals surface area contributed by atoms with Crippen molar-refractivity contribution in [2.24, 2.45) is 5.73 Å². The van der Waals surface area contributed by atoms with Crippen LogP contribution in [-0.4, -0.2) is 12.5 Å². The molecule has 20 heavy (non-hydrogen) atoms. The quantitative estimate of drug-likeness (QED) is 0.897. The van der Waals surface area contributed by atoms with Crippen LogP contribution in [0.4, 0.5) is 0 Å². The van der Waals surface area contributed by atoms with Crippen LogP contribution in [0.1, 0.15) is 34.8 Å². The molecule has 1 amide bonds. The monoisotopic (exact) mass is 266 g/mol. The van der Waals surface area contributed by atoms with E-state index in [0.717, 1.165) is 24.1 Å². The third kappa shape index (κ3) is 2.32. The van der Waals surface area contributed by atoms with Gasteiger partial charge >= 0.3 is 0 Å². The average molecular weight is 266 g/mol. The molecule has 1 aliphatic heterocycles. The van der Waals surface area contributed by atoms with Crippen LogP contribution in [0.15, 0.2) is 48.5 Å². The Kier molecular flexibility index (Phi) is 3.52. The van der Waals surface area contributed by atoms with Crippen molar-refractivity contribution in [3.63, 3.8) is 0 Å². The van der Waals surface area contributed by atoms with Gasteiger partial charge in [0.1, 0.15) is 0 Å². The zero-order valence-corrected chi connectivity index (χ0v) is 11.3. The maximum atomic E-state index is 11.6. The first-order valence-corrected chi connectivity index (χ1v) is 6.99. The molecule has 2 aromatic rings. The summed E-state index contributed by atoms with van der Waals surface area (Å²) in [4.78, 5) is 11.6. The van der Waals surface area contributed by atoms with Gasteiger partial charge in [0, 0.05) is 11.6 Å². The van der Waals surface area contributed by atoms with Crippen molar-refractivity contribution in [3.8, 4) is 11.1 Å². The maximum absolute atomic E-state index is 11.6. The zero-order valence-electron chi connectivity index (χ0n) is 11.3. The number of benzene rings is 2. The van der Waals surface area contributed by atoms with Crippen molar-refractivity contribution in [3.05, 3.63) is 59.7 Å². The molecule has 3 N–H and O–H groups in total. The van der Waals surface area contributed by atoms with Crippen LogP contribution in [0, 0.1) is 0 Å². The van der Waals surface area contributed by atoms with Crippen LogP contribution in [0.5, 0.6) is 0 Å². The van der Waals surface area contributed by atoms with Crippen LogP contribution in [0.25, 0.3) is 11.1 Å². The third-order valence-corrected chi connectivity index (χ3v) is 3.88. The molecule has 1 unspecified atom stereocenters. The molecule has 1 saturated heterocycles. The van der Waals surface area contributed by atoms with E-state index < -0.39 is 0 Å². The molecular formula is C17H18N2O. The molecule has 3 rings (SSSR count). The van der Waals surface area contributed by atoms with Crippen molar-refractivity contribution in [2.75, 3.05) is 6.54 Å². The predicted octanol–water partition coefficient (Wildman–Crippen LogP) is 2.88. The first-order valence-electron chi connectivity index (χ1n) is 6.99.